The number of benzene rings is 1. The number of rotatable bonds is 4. The molecular formula is C13H19NO4. The summed E-state index contributed by atoms with van der Waals surface area (Å²) in [5.41, 5.74) is -0.504. The van der Waals surface area contributed by atoms with E-state index in [4.69, 9.17) is 9.47 Å². The van der Waals surface area contributed by atoms with Crippen molar-refractivity contribution in [1.29, 1.82) is 0 Å². The van der Waals surface area contributed by atoms with Crippen LogP contribution >= 0.6 is 0 Å². The van der Waals surface area contributed by atoms with Crippen molar-refractivity contribution in [2.45, 2.75) is 26.4 Å². The molecule has 0 aromatic heterocycles. The topological polar surface area (TPSA) is 67.8 Å². The van der Waals surface area contributed by atoms with E-state index in [-0.39, 0.29) is 5.75 Å². The van der Waals surface area contributed by atoms with E-state index < -0.39 is 11.7 Å². The number of hydrogen-bond donors (Lipinski definition) is 2. The maximum atomic E-state index is 11.3. The molecule has 0 bridgehead atoms. The van der Waals surface area contributed by atoms with Gasteiger partial charge in [-0.3, -0.25) is 0 Å². The highest BCUT2D eigenvalue weighted by Crippen LogP contribution is 2.17. The van der Waals surface area contributed by atoms with Crippen LogP contribution < -0.4 is 10.1 Å². The molecule has 0 unspecified atom stereocenters. The van der Waals surface area contributed by atoms with Gasteiger partial charge in [0.1, 0.15) is 23.7 Å². The highest BCUT2D eigenvalue weighted by molar-refractivity contribution is 5.67. The molecule has 0 saturated heterocycles. The second-order valence-corrected chi connectivity index (χ2v) is 4.77. The van der Waals surface area contributed by atoms with Gasteiger partial charge < -0.3 is 19.9 Å². The van der Waals surface area contributed by atoms with Crippen molar-refractivity contribution in [3.63, 3.8) is 0 Å². The first kappa shape index (κ1) is 14.2. The van der Waals surface area contributed by atoms with Gasteiger partial charge in [0.05, 0.1) is 6.54 Å². The standard InChI is InChI=1S/C13H19NO4/c1-13(2,3)18-12(16)14-7-8-17-11-6-4-5-10(15)9-11/h4-6,9,15H,7-8H2,1-3H3,(H,14,16). The van der Waals surface area contributed by atoms with Crippen molar-refractivity contribution in [3.8, 4) is 11.5 Å². The molecule has 0 aliphatic carbocycles. The molecule has 5 nitrogen and oxygen atoms in total. The molecule has 0 heterocycles. The van der Waals surface area contributed by atoms with Gasteiger partial charge >= 0.3 is 6.09 Å². The minimum Gasteiger partial charge on any atom is -0.508 e. The molecule has 100 valence electrons. The molecule has 18 heavy (non-hydrogen) atoms. The van der Waals surface area contributed by atoms with Gasteiger partial charge in [0.25, 0.3) is 0 Å². The number of phenolic OH excluding ortho intramolecular Hbond substituents is 1. The quantitative estimate of drug-likeness (QED) is 0.808. The van der Waals surface area contributed by atoms with Crippen LogP contribution in [0, 0.1) is 0 Å². The monoisotopic (exact) mass is 253 g/mol. The largest absolute Gasteiger partial charge is 0.508 e. The predicted molar refractivity (Wildman–Crippen MR) is 67.8 cm³/mol. The SMILES string of the molecule is CC(C)(C)OC(=O)NCCOc1cccc(O)c1. The summed E-state index contributed by atoms with van der Waals surface area (Å²) in [5, 5.41) is 11.8. The Morgan fingerprint density at radius 2 is 2.11 bits per heavy atom. The summed E-state index contributed by atoms with van der Waals surface area (Å²) in [5.74, 6) is 0.702. The number of aromatic hydroxyl groups is 1. The van der Waals surface area contributed by atoms with E-state index in [0.717, 1.165) is 0 Å². The Morgan fingerprint density at radius 3 is 2.72 bits per heavy atom. The van der Waals surface area contributed by atoms with Crippen LogP contribution in [0.1, 0.15) is 20.8 Å². The van der Waals surface area contributed by atoms with E-state index in [2.05, 4.69) is 5.32 Å². The van der Waals surface area contributed by atoms with E-state index in [9.17, 15) is 9.90 Å². The second-order valence-electron chi connectivity index (χ2n) is 4.77. The third-order valence-electron chi connectivity index (χ3n) is 1.86. The number of phenols is 1. The van der Waals surface area contributed by atoms with Crippen LogP contribution in [0.25, 0.3) is 0 Å². The summed E-state index contributed by atoms with van der Waals surface area (Å²) in [6, 6.07) is 6.48. The van der Waals surface area contributed by atoms with Crippen molar-refractivity contribution in [2.75, 3.05) is 13.2 Å². The fraction of sp³-hybridized carbons (Fsp3) is 0.462. The molecular weight excluding hydrogens is 234 g/mol. The molecule has 0 atom stereocenters. The zero-order valence-electron chi connectivity index (χ0n) is 10.9. The smallest absolute Gasteiger partial charge is 0.407 e. The van der Waals surface area contributed by atoms with Crippen molar-refractivity contribution in [2.24, 2.45) is 0 Å². The molecule has 1 rings (SSSR count). The maximum Gasteiger partial charge on any atom is 0.407 e. The number of alkyl carbamates (subject to hydrolysis) is 1. The number of carbonyl (C=O) groups excluding carboxylic acids is 1. The van der Waals surface area contributed by atoms with Gasteiger partial charge in [0.15, 0.2) is 0 Å². The highest BCUT2D eigenvalue weighted by Gasteiger charge is 2.15. The Kier molecular flexibility index (Phi) is 4.83. The number of amides is 1. The Morgan fingerprint density at radius 1 is 1.39 bits per heavy atom. The average molecular weight is 253 g/mol. The summed E-state index contributed by atoms with van der Waals surface area (Å²) in [4.78, 5) is 11.3. The predicted octanol–water partition coefficient (Wildman–Crippen LogP) is 2.30. The fourth-order valence-corrected chi connectivity index (χ4v) is 1.21. The second kappa shape index (κ2) is 6.14. The summed E-state index contributed by atoms with van der Waals surface area (Å²) in [7, 11) is 0. The first-order valence-electron chi connectivity index (χ1n) is 5.75. The van der Waals surface area contributed by atoms with Crippen LogP contribution in [0.2, 0.25) is 0 Å². The van der Waals surface area contributed by atoms with Gasteiger partial charge in [-0.15, -0.1) is 0 Å². The van der Waals surface area contributed by atoms with Crippen molar-refractivity contribution in [3.05, 3.63) is 24.3 Å². The van der Waals surface area contributed by atoms with E-state index in [1.54, 1.807) is 39.0 Å². The lowest BCUT2D eigenvalue weighted by molar-refractivity contribution is 0.0520. The Balaban J connectivity index is 2.21. The molecule has 0 aliphatic heterocycles. The highest BCUT2D eigenvalue weighted by atomic mass is 16.6. The zero-order chi connectivity index (χ0) is 13.6. The third kappa shape index (κ3) is 5.98. The lowest BCUT2D eigenvalue weighted by Crippen LogP contribution is -2.34. The molecule has 0 radical (unpaired) electrons. The van der Waals surface area contributed by atoms with Crippen LogP contribution in [0.3, 0.4) is 0 Å². The molecule has 2 N–H and O–H groups in total. The van der Waals surface area contributed by atoms with Gasteiger partial charge in [-0.2, -0.15) is 0 Å². The summed E-state index contributed by atoms with van der Waals surface area (Å²) in [6.45, 7) is 6.05. The molecule has 1 aromatic carbocycles. The van der Waals surface area contributed by atoms with Crippen LogP contribution in [0.5, 0.6) is 11.5 Å². The van der Waals surface area contributed by atoms with Gasteiger partial charge in [-0.1, -0.05) is 6.07 Å². The minimum absolute atomic E-state index is 0.146. The normalized spacial score (nSPS) is 10.8. The first-order chi connectivity index (χ1) is 8.37. The van der Waals surface area contributed by atoms with Crippen molar-refractivity contribution < 1.29 is 19.4 Å². The Hall–Kier alpha value is -1.91. The molecule has 5 heteroatoms. The van der Waals surface area contributed by atoms with Crippen LogP contribution in [-0.4, -0.2) is 30.0 Å². The van der Waals surface area contributed by atoms with Crippen LogP contribution in [0.4, 0.5) is 4.79 Å². The Labute approximate surface area is 107 Å². The molecule has 0 fully saturated rings. The van der Waals surface area contributed by atoms with E-state index in [1.807, 2.05) is 0 Å². The average Bonchev–Trinajstić information content (AvgIpc) is 2.22. The first-order valence-corrected chi connectivity index (χ1v) is 5.75. The molecule has 0 saturated carbocycles. The van der Waals surface area contributed by atoms with Crippen molar-refractivity contribution in [1.82, 2.24) is 5.32 Å². The lowest BCUT2D eigenvalue weighted by Gasteiger charge is -2.19. The van der Waals surface area contributed by atoms with Gasteiger partial charge in [0, 0.05) is 6.07 Å². The van der Waals surface area contributed by atoms with Crippen molar-refractivity contribution >= 4 is 6.09 Å². The number of hydrogen-bond acceptors (Lipinski definition) is 4. The third-order valence-corrected chi connectivity index (χ3v) is 1.86. The van der Waals surface area contributed by atoms with Gasteiger partial charge in [-0.25, -0.2) is 4.79 Å². The molecule has 1 amide bonds. The summed E-state index contributed by atoms with van der Waals surface area (Å²) >= 11 is 0. The lowest BCUT2D eigenvalue weighted by atomic mass is 10.2. The fourth-order valence-electron chi connectivity index (χ4n) is 1.21. The number of carbonyl (C=O) groups is 1. The maximum absolute atomic E-state index is 11.3. The minimum atomic E-state index is -0.504. The van der Waals surface area contributed by atoms with Gasteiger partial charge in [-0.05, 0) is 32.9 Å². The summed E-state index contributed by atoms with van der Waals surface area (Å²) in [6.07, 6.45) is -0.470. The molecule has 1 aromatic rings. The molecule has 0 spiro atoms. The number of ether oxygens (including phenoxy) is 2. The van der Waals surface area contributed by atoms with E-state index in [1.165, 1.54) is 6.07 Å². The summed E-state index contributed by atoms with van der Waals surface area (Å²) < 4.78 is 10.4. The molecule has 0 aliphatic rings. The van der Waals surface area contributed by atoms with Gasteiger partial charge in [0.2, 0.25) is 0 Å². The number of nitrogens with one attached hydrogen (secondary N) is 1. The Bertz CT molecular complexity index is 398. The van der Waals surface area contributed by atoms with E-state index in [0.29, 0.717) is 18.9 Å². The van der Waals surface area contributed by atoms with Crippen LogP contribution in [0.15, 0.2) is 24.3 Å². The van der Waals surface area contributed by atoms with E-state index >= 15 is 0 Å². The van der Waals surface area contributed by atoms with Crippen LogP contribution in [-0.2, 0) is 4.74 Å². The zero-order valence-corrected chi connectivity index (χ0v) is 10.9.